The van der Waals surface area contributed by atoms with Crippen LogP contribution in [0.5, 0.6) is 11.5 Å². The maximum atomic E-state index is 13.6. The lowest BCUT2D eigenvalue weighted by molar-refractivity contribution is -0.138. The molecule has 0 saturated heterocycles. The third-order valence-electron chi connectivity index (χ3n) is 4.28. The van der Waals surface area contributed by atoms with Crippen molar-refractivity contribution in [2.75, 3.05) is 0 Å². The van der Waals surface area contributed by atoms with Crippen LogP contribution in [0.2, 0.25) is 0 Å². The van der Waals surface area contributed by atoms with E-state index in [1.807, 2.05) is 0 Å². The van der Waals surface area contributed by atoms with Gasteiger partial charge in [0.25, 0.3) is 0 Å². The summed E-state index contributed by atoms with van der Waals surface area (Å²) in [7, 11) is 0. The summed E-state index contributed by atoms with van der Waals surface area (Å²) in [4.78, 5) is 22.5. The molecule has 0 aliphatic heterocycles. The van der Waals surface area contributed by atoms with Crippen LogP contribution in [0.25, 0.3) is 23.5 Å². The Morgan fingerprint density at radius 3 is 2.03 bits per heavy atom. The molecule has 0 bridgehead atoms. The average molecular weight is 454 g/mol. The van der Waals surface area contributed by atoms with Crippen molar-refractivity contribution in [2.45, 2.75) is 6.18 Å². The van der Waals surface area contributed by atoms with Gasteiger partial charge in [0.2, 0.25) is 0 Å². The SMILES string of the molecule is C=CC(=O)Oc1ccc(/C=C/c2ccc(-c3ccc(OC(=O)C=C)cc3C(F)(F)F)o2)cc1. The van der Waals surface area contributed by atoms with Crippen molar-refractivity contribution in [3.8, 4) is 22.8 Å². The van der Waals surface area contributed by atoms with Crippen LogP contribution in [0.4, 0.5) is 13.2 Å². The van der Waals surface area contributed by atoms with Crippen LogP contribution in [0, 0.1) is 0 Å². The van der Waals surface area contributed by atoms with Gasteiger partial charge in [-0.2, -0.15) is 13.2 Å². The molecule has 0 amide bonds. The summed E-state index contributed by atoms with van der Waals surface area (Å²) in [6, 6.07) is 12.6. The summed E-state index contributed by atoms with van der Waals surface area (Å²) < 4.78 is 56.1. The van der Waals surface area contributed by atoms with E-state index < -0.39 is 23.7 Å². The van der Waals surface area contributed by atoms with Gasteiger partial charge in [-0.3, -0.25) is 0 Å². The molecule has 0 saturated carbocycles. The Morgan fingerprint density at radius 2 is 1.42 bits per heavy atom. The predicted molar refractivity (Wildman–Crippen MR) is 116 cm³/mol. The number of ether oxygens (including phenoxy) is 2. The van der Waals surface area contributed by atoms with Crippen LogP contribution < -0.4 is 9.47 Å². The van der Waals surface area contributed by atoms with Crippen molar-refractivity contribution in [3.63, 3.8) is 0 Å². The van der Waals surface area contributed by atoms with Gasteiger partial charge < -0.3 is 13.9 Å². The zero-order valence-corrected chi connectivity index (χ0v) is 17.1. The Hall–Kier alpha value is -4.33. The lowest BCUT2D eigenvalue weighted by Crippen LogP contribution is -2.09. The summed E-state index contributed by atoms with van der Waals surface area (Å²) in [5.41, 5.74) is -0.462. The van der Waals surface area contributed by atoms with E-state index >= 15 is 0 Å². The molecule has 1 aromatic heterocycles. The molecule has 8 heteroatoms. The van der Waals surface area contributed by atoms with Crippen molar-refractivity contribution in [1.29, 1.82) is 0 Å². The molecule has 0 atom stereocenters. The number of rotatable bonds is 7. The molecule has 5 nitrogen and oxygen atoms in total. The number of alkyl halides is 3. The second-order valence-electron chi connectivity index (χ2n) is 6.56. The predicted octanol–water partition coefficient (Wildman–Crippen LogP) is 6.32. The molecule has 0 N–H and O–H groups in total. The first-order valence-corrected chi connectivity index (χ1v) is 9.47. The zero-order chi connectivity index (χ0) is 24.0. The molecule has 3 aromatic rings. The van der Waals surface area contributed by atoms with Crippen molar-refractivity contribution < 1.29 is 36.7 Å². The number of furan rings is 1. The summed E-state index contributed by atoms with van der Waals surface area (Å²) in [5.74, 6) is -1.04. The van der Waals surface area contributed by atoms with E-state index in [1.165, 1.54) is 24.3 Å². The molecular formula is C25H17F3O5. The number of hydrogen-bond acceptors (Lipinski definition) is 5. The van der Waals surface area contributed by atoms with E-state index in [2.05, 4.69) is 13.2 Å². The van der Waals surface area contributed by atoms with E-state index in [0.717, 1.165) is 23.8 Å². The van der Waals surface area contributed by atoms with Crippen molar-refractivity contribution in [3.05, 3.63) is 96.8 Å². The van der Waals surface area contributed by atoms with Gasteiger partial charge in [-0.1, -0.05) is 31.4 Å². The minimum absolute atomic E-state index is 0.00439. The largest absolute Gasteiger partial charge is 0.457 e. The van der Waals surface area contributed by atoms with Crippen LogP contribution in [-0.4, -0.2) is 11.9 Å². The Morgan fingerprint density at radius 1 is 0.818 bits per heavy atom. The standard InChI is InChI=1S/C25H17F3O5/c1-3-23(29)32-18-9-6-16(7-10-18)5-8-17-12-14-22(31-17)20-13-11-19(33-24(30)4-2)15-21(20)25(26,27)28/h3-15H,1-2H2/b8-5+. The first-order chi connectivity index (χ1) is 15.7. The number of carbonyl (C=O) groups excluding carboxylic acids is 2. The molecule has 0 aliphatic carbocycles. The number of carbonyl (C=O) groups is 2. The Balaban J connectivity index is 1.82. The van der Waals surface area contributed by atoms with Crippen molar-refractivity contribution in [1.82, 2.24) is 0 Å². The smallest absolute Gasteiger partial charge is 0.417 e. The van der Waals surface area contributed by atoms with Crippen LogP contribution in [0.15, 0.2) is 84.3 Å². The summed E-state index contributed by atoms with van der Waals surface area (Å²) in [5, 5.41) is 0. The van der Waals surface area contributed by atoms with Crippen LogP contribution in [-0.2, 0) is 15.8 Å². The van der Waals surface area contributed by atoms with E-state index in [4.69, 9.17) is 13.9 Å². The molecule has 168 valence electrons. The molecule has 33 heavy (non-hydrogen) atoms. The number of hydrogen-bond donors (Lipinski definition) is 0. The lowest BCUT2D eigenvalue weighted by Gasteiger charge is -2.13. The molecule has 0 aliphatic rings. The minimum Gasteiger partial charge on any atom is -0.457 e. The van der Waals surface area contributed by atoms with Crippen LogP contribution in [0.1, 0.15) is 16.9 Å². The van der Waals surface area contributed by atoms with Crippen LogP contribution in [0.3, 0.4) is 0 Å². The quantitative estimate of drug-likeness (QED) is 0.238. The summed E-state index contributed by atoms with van der Waals surface area (Å²) in [6.45, 7) is 6.53. The van der Waals surface area contributed by atoms with Crippen molar-refractivity contribution >= 4 is 24.1 Å². The number of benzene rings is 2. The van der Waals surface area contributed by atoms with E-state index in [0.29, 0.717) is 11.5 Å². The third-order valence-corrected chi connectivity index (χ3v) is 4.28. The molecule has 3 rings (SSSR count). The van der Waals surface area contributed by atoms with Gasteiger partial charge in [0.05, 0.1) is 5.56 Å². The van der Waals surface area contributed by atoms with E-state index in [-0.39, 0.29) is 17.1 Å². The summed E-state index contributed by atoms with van der Waals surface area (Å²) in [6.07, 6.45) is 0.471. The fourth-order valence-electron chi connectivity index (χ4n) is 2.76. The zero-order valence-electron chi connectivity index (χ0n) is 17.1. The monoisotopic (exact) mass is 454 g/mol. The highest BCUT2D eigenvalue weighted by Crippen LogP contribution is 2.39. The van der Waals surface area contributed by atoms with Crippen molar-refractivity contribution in [2.24, 2.45) is 0 Å². The van der Waals surface area contributed by atoms with Gasteiger partial charge in [-0.15, -0.1) is 0 Å². The Bertz CT molecular complexity index is 1220. The van der Waals surface area contributed by atoms with E-state index in [9.17, 15) is 22.8 Å². The molecule has 2 aromatic carbocycles. The molecule has 0 fully saturated rings. The third kappa shape index (κ3) is 6.10. The molecule has 1 heterocycles. The maximum absolute atomic E-state index is 13.6. The first-order valence-electron chi connectivity index (χ1n) is 9.47. The normalized spacial score (nSPS) is 11.2. The summed E-state index contributed by atoms with van der Waals surface area (Å²) >= 11 is 0. The average Bonchev–Trinajstić information content (AvgIpc) is 3.26. The minimum atomic E-state index is -4.70. The molecule has 0 radical (unpaired) electrons. The molecule has 0 unspecified atom stereocenters. The van der Waals surface area contributed by atoms with Gasteiger partial charge >= 0.3 is 18.1 Å². The second kappa shape index (κ2) is 9.86. The van der Waals surface area contributed by atoms with E-state index in [1.54, 1.807) is 36.4 Å². The van der Waals surface area contributed by atoms with Gasteiger partial charge in [-0.05, 0) is 54.1 Å². The Labute approximate surface area is 187 Å². The fourth-order valence-corrected chi connectivity index (χ4v) is 2.76. The van der Waals surface area contributed by atoms with Crippen LogP contribution >= 0.6 is 0 Å². The van der Waals surface area contributed by atoms with Gasteiger partial charge in [-0.25, -0.2) is 9.59 Å². The lowest BCUT2D eigenvalue weighted by atomic mass is 10.0. The van der Waals surface area contributed by atoms with Gasteiger partial charge in [0.15, 0.2) is 0 Å². The molecular weight excluding hydrogens is 437 g/mol. The van der Waals surface area contributed by atoms with Gasteiger partial charge in [0, 0.05) is 17.7 Å². The maximum Gasteiger partial charge on any atom is 0.417 e. The van der Waals surface area contributed by atoms with Gasteiger partial charge in [0.1, 0.15) is 23.0 Å². The highest BCUT2D eigenvalue weighted by atomic mass is 19.4. The topological polar surface area (TPSA) is 65.7 Å². The molecule has 0 spiro atoms. The highest BCUT2D eigenvalue weighted by molar-refractivity contribution is 5.84. The fraction of sp³-hybridized carbons (Fsp3) is 0.0400. The number of esters is 2. The second-order valence-corrected chi connectivity index (χ2v) is 6.56. The number of halogens is 3. The first kappa shape index (κ1) is 23.3. The Kier molecular flexibility index (Phi) is 6.97. The highest BCUT2D eigenvalue weighted by Gasteiger charge is 2.35.